The molecule has 14 heteroatoms. The number of carbonyl (C=O) groups excluding carboxylic acids is 2. The van der Waals surface area contributed by atoms with Gasteiger partial charge in [-0.2, -0.15) is 11.0 Å². The van der Waals surface area contributed by atoms with Crippen LogP contribution in [0.5, 0.6) is 0 Å². The number of benzene rings is 8. The fourth-order valence-electron chi connectivity index (χ4n) is 5.96. The maximum absolute atomic E-state index is 13.3. The van der Waals surface area contributed by atoms with Gasteiger partial charge < -0.3 is 20.3 Å². The topological polar surface area (TPSA) is 125 Å². The van der Waals surface area contributed by atoms with E-state index in [-0.39, 0.29) is 11.9 Å². The van der Waals surface area contributed by atoms with Crippen LogP contribution in [0, 0.1) is 0 Å². The van der Waals surface area contributed by atoms with Crippen molar-refractivity contribution in [3.8, 4) is 0 Å². The Hall–Kier alpha value is -7.36. The lowest BCUT2D eigenvalue weighted by atomic mass is 10.3. The van der Waals surface area contributed by atoms with Gasteiger partial charge in [0.2, 0.25) is 11.9 Å². The van der Waals surface area contributed by atoms with Gasteiger partial charge in [0.05, 0.1) is 11.4 Å². The van der Waals surface area contributed by atoms with Crippen molar-refractivity contribution < 1.29 is 19.3 Å². The van der Waals surface area contributed by atoms with Crippen LogP contribution in [0.1, 0.15) is 0 Å². The number of nitrogens with one attached hydrogen (secondary N) is 4. The Balaban J connectivity index is 0.985. The Bertz CT molecular complexity index is 2730. The maximum atomic E-state index is 13.3. The molecule has 10 nitrogen and oxygen atoms in total. The van der Waals surface area contributed by atoms with Gasteiger partial charge in [0.25, 0.3) is 0 Å². The molecule has 8 aromatic carbocycles. The molecule has 0 aromatic heterocycles. The Morgan fingerprint density at radius 3 is 0.955 bits per heavy atom. The minimum Gasteiger partial charge on any atom is -0.330 e. The van der Waals surface area contributed by atoms with Gasteiger partial charge in [-0.25, -0.2) is 19.6 Å². The first-order chi connectivity index (χ1) is 32.5. The first kappa shape index (κ1) is 45.2. The lowest BCUT2D eigenvalue weighted by Crippen LogP contribution is -2.39. The molecular formula is C52H40N6O4S4. The van der Waals surface area contributed by atoms with Gasteiger partial charge in [-0.05, 0) is 121 Å². The largest absolute Gasteiger partial charge is 0.443 e. The van der Waals surface area contributed by atoms with Crippen LogP contribution in [0.3, 0.4) is 0 Å². The first-order valence-electron chi connectivity index (χ1n) is 20.4. The number of hydroxylamine groups is 2. The summed E-state index contributed by atoms with van der Waals surface area (Å²) in [5.74, 6) is -2.61. The number of aliphatic imine (C=N–C) groups is 2. The summed E-state index contributed by atoms with van der Waals surface area (Å²) < 4.78 is 0. The summed E-state index contributed by atoms with van der Waals surface area (Å²) in [6.07, 6.45) is 0. The van der Waals surface area contributed by atoms with E-state index in [0.29, 0.717) is 22.7 Å². The average molecular weight is 941 g/mol. The van der Waals surface area contributed by atoms with Crippen molar-refractivity contribution in [3.05, 3.63) is 218 Å². The molecule has 66 heavy (non-hydrogen) atoms. The smallest absolute Gasteiger partial charge is 0.330 e. The minimum absolute atomic E-state index is 0.0401. The molecule has 0 saturated carbocycles. The second-order valence-electron chi connectivity index (χ2n) is 13.9. The molecule has 0 radical (unpaired) electrons. The quantitative estimate of drug-likeness (QED) is 0.0403. The lowest BCUT2D eigenvalue weighted by Gasteiger charge is -2.14. The van der Waals surface area contributed by atoms with Crippen LogP contribution in [0.2, 0.25) is 0 Å². The molecule has 8 rings (SSSR count). The van der Waals surface area contributed by atoms with Crippen molar-refractivity contribution in [2.45, 2.75) is 39.2 Å². The lowest BCUT2D eigenvalue weighted by molar-refractivity contribution is -0.172. The highest BCUT2D eigenvalue weighted by Crippen LogP contribution is 2.33. The molecular weight excluding hydrogens is 901 g/mol. The zero-order valence-corrected chi connectivity index (χ0v) is 38.2. The van der Waals surface area contributed by atoms with Crippen LogP contribution >= 0.6 is 47.0 Å². The molecule has 8 aromatic rings. The molecule has 326 valence electrons. The van der Waals surface area contributed by atoms with Crippen molar-refractivity contribution in [2.24, 2.45) is 9.98 Å². The van der Waals surface area contributed by atoms with E-state index in [1.54, 1.807) is 47.0 Å². The third-order valence-corrected chi connectivity index (χ3v) is 12.9. The fourth-order valence-corrected chi connectivity index (χ4v) is 9.54. The molecule has 0 spiro atoms. The number of nitrogens with zero attached hydrogens (tertiary/aromatic N) is 2. The van der Waals surface area contributed by atoms with Crippen LogP contribution in [0.15, 0.2) is 268 Å². The number of anilines is 2. The van der Waals surface area contributed by atoms with E-state index in [9.17, 15) is 9.59 Å². The molecule has 0 atom stereocenters. The predicted molar refractivity (Wildman–Crippen MR) is 268 cm³/mol. The van der Waals surface area contributed by atoms with E-state index in [2.05, 4.69) is 21.6 Å². The first-order valence-corrected chi connectivity index (χ1v) is 23.7. The average Bonchev–Trinajstić information content (AvgIpc) is 3.34. The van der Waals surface area contributed by atoms with Crippen molar-refractivity contribution in [3.63, 3.8) is 0 Å². The van der Waals surface area contributed by atoms with Gasteiger partial charge in [0.15, 0.2) is 0 Å². The Labute approximate surface area is 399 Å². The van der Waals surface area contributed by atoms with Crippen LogP contribution in [0.25, 0.3) is 0 Å². The summed E-state index contributed by atoms with van der Waals surface area (Å²) in [4.78, 5) is 54.7. The second-order valence-corrected chi connectivity index (χ2v) is 18.5. The SMILES string of the molecule is O=C(ONC(=Nc1cccc(Sc2ccccc2)c1)Nc1cccc(Sc2ccccc2)c1)C(=O)ONC(=Nc1cccc(Sc2ccccc2)c1)Nc1cccc(Sc2ccccc2)c1. The number of hydrogen-bond donors (Lipinski definition) is 4. The molecule has 0 aliphatic carbocycles. The molecule has 0 aliphatic rings. The highest BCUT2D eigenvalue weighted by molar-refractivity contribution is 8.00. The third kappa shape index (κ3) is 14.3. The van der Waals surface area contributed by atoms with Crippen LogP contribution in [-0.2, 0) is 19.3 Å². The van der Waals surface area contributed by atoms with Crippen molar-refractivity contribution >= 4 is 93.7 Å². The van der Waals surface area contributed by atoms with E-state index in [1.165, 1.54) is 0 Å². The van der Waals surface area contributed by atoms with E-state index in [1.807, 2.05) is 218 Å². The van der Waals surface area contributed by atoms with Crippen molar-refractivity contribution in [1.82, 2.24) is 11.0 Å². The number of guanidine groups is 2. The molecule has 0 saturated heterocycles. The summed E-state index contributed by atoms with van der Waals surface area (Å²) in [5.41, 5.74) is 7.53. The molecule has 0 fully saturated rings. The molecule has 0 aliphatic heterocycles. The maximum Gasteiger partial charge on any atom is 0.443 e. The van der Waals surface area contributed by atoms with E-state index in [4.69, 9.17) is 19.7 Å². The Kier molecular flexibility index (Phi) is 16.1. The Morgan fingerprint density at radius 2 is 0.621 bits per heavy atom. The molecule has 0 amide bonds. The van der Waals surface area contributed by atoms with Gasteiger partial charge in [-0.15, -0.1) is 0 Å². The second kappa shape index (κ2) is 23.5. The normalized spacial score (nSPS) is 11.3. The van der Waals surface area contributed by atoms with Crippen LogP contribution < -0.4 is 21.6 Å². The van der Waals surface area contributed by atoms with Crippen LogP contribution in [0.4, 0.5) is 22.7 Å². The number of hydrogen-bond acceptors (Lipinski definition) is 10. The highest BCUT2D eigenvalue weighted by atomic mass is 32.2. The Morgan fingerprint density at radius 1 is 0.333 bits per heavy atom. The fraction of sp³-hybridized carbons (Fsp3) is 0. The summed E-state index contributed by atoms with van der Waals surface area (Å²) in [7, 11) is 0. The van der Waals surface area contributed by atoms with Crippen molar-refractivity contribution in [1.29, 1.82) is 0 Å². The van der Waals surface area contributed by atoms with Crippen molar-refractivity contribution in [2.75, 3.05) is 10.6 Å². The summed E-state index contributed by atoms with van der Waals surface area (Å²) in [6.45, 7) is 0. The zero-order chi connectivity index (χ0) is 45.2. The minimum atomic E-state index is -1.35. The van der Waals surface area contributed by atoms with Crippen LogP contribution in [-0.4, -0.2) is 23.9 Å². The van der Waals surface area contributed by atoms with Gasteiger partial charge >= 0.3 is 11.9 Å². The van der Waals surface area contributed by atoms with Gasteiger partial charge in [-0.3, -0.25) is 0 Å². The monoisotopic (exact) mass is 940 g/mol. The van der Waals surface area contributed by atoms with E-state index >= 15 is 0 Å². The highest BCUT2D eigenvalue weighted by Gasteiger charge is 2.21. The molecule has 0 bridgehead atoms. The molecule has 0 heterocycles. The summed E-state index contributed by atoms with van der Waals surface area (Å²) >= 11 is 6.36. The van der Waals surface area contributed by atoms with Gasteiger partial charge in [0.1, 0.15) is 0 Å². The number of carbonyl (C=O) groups is 2. The van der Waals surface area contributed by atoms with E-state index in [0.717, 1.165) is 39.2 Å². The zero-order valence-electron chi connectivity index (χ0n) is 34.9. The predicted octanol–water partition coefficient (Wildman–Crippen LogP) is 13.3. The van der Waals surface area contributed by atoms with E-state index < -0.39 is 11.9 Å². The van der Waals surface area contributed by atoms with Gasteiger partial charge in [-0.1, -0.05) is 144 Å². The molecule has 0 unspecified atom stereocenters. The third-order valence-electron chi connectivity index (χ3n) is 8.87. The molecule has 4 N–H and O–H groups in total. The van der Waals surface area contributed by atoms with Gasteiger partial charge in [0, 0.05) is 50.5 Å². The number of rotatable bonds is 12. The summed E-state index contributed by atoms with van der Waals surface area (Å²) in [5, 5.41) is 6.41. The standard InChI is InChI=1S/C52H40N6O4S4/c59-49(61-57-51(53-37-17-13-29-45(33-37)63-41-21-5-1-6-22-41)54-38-18-14-30-46(34-38)64-42-23-7-2-8-24-42)50(60)62-58-52(55-39-19-15-31-47(35-39)65-43-25-9-3-10-26-43)56-40-20-16-32-48(36-40)66-44-27-11-4-12-28-44/h1-36H,(H2,53,54,57)(H2,55,56,58). The summed E-state index contributed by atoms with van der Waals surface area (Å²) in [6, 6.07) is 70.6.